The molecule has 6 nitrogen and oxygen atoms in total. The van der Waals surface area contributed by atoms with Crippen molar-refractivity contribution < 1.29 is 19.4 Å². The van der Waals surface area contributed by atoms with E-state index in [-0.39, 0.29) is 6.42 Å². The molecule has 126 valence electrons. The lowest BCUT2D eigenvalue weighted by Gasteiger charge is -2.33. The highest BCUT2D eigenvalue weighted by Gasteiger charge is 2.49. The van der Waals surface area contributed by atoms with Crippen LogP contribution in [0.25, 0.3) is 0 Å². The lowest BCUT2D eigenvalue weighted by Crippen LogP contribution is -2.58. The summed E-state index contributed by atoms with van der Waals surface area (Å²) in [6.07, 6.45) is 0.0776. The molecule has 1 saturated heterocycles. The van der Waals surface area contributed by atoms with Gasteiger partial charge in [0.2, 0.25) is 5.72 Å². The third-order valence-corrected chi connectivity index (χ3v) is 3.63. The van der Waals surface area contributed by atoms with Crippen LogP contribution in [0.15, 0.2) is 30.3 Å². The summed E-state index contributed by atoms with van der Waals surface area (Å²) in [5, 5.41) is 13.4. The quantitative estimate of drug-likeness (QED) is 0.893. The van der Waals surface area contributed by atoms with Crippen molar-refractivity contribution in [3.8, 4) is 0 Å². The molecule has 1 aliphatic heterocycles. The van der Waals surface area contributed by atoms with Crippen molar-refractivity contribution in [2.24, 2.45) is 0 Å². The summed E-state index contributed by atoms with van der Waals surface area (Å²) in [7, 11) is 0. The highest BCUT2D eigenvalue weighted by atomic mass is 16.6. The van der Waals surface area contributed by atoms with Crippen molar-refractivity contribution in [2.45, 2.75) is 51.5 Å². The summed E-state index contributed by atoms with van der Waals surface area (Å²) in [6, 6.07) is 9.40. The van der Waals surface area contributed by atoms with Gasteiger partial charge in [-0.3, -0.25) is 9.69 Å². The molecule has 1 fully saturated rings. The van der Waals surface area contributed by atoms with Gasteiger partial charge in [0.15, 0.2) is 0 Å². The summed E-state index contributed by atoms with van der Waals surface area (Å²) in [4.78, 5) is 25.7. The largest absolute Gasteiger partial charge is 0.444 e. The van der Waals surface area contributed by atoms with E-state index in [0.717, 1.165) is 10.5 Å². The fraction of sp³-hybridized carbons (Fsp3) is 0.529. The lowest BCUT2D eigenvalue weighted by molar-refractivity contribution is -0.155. The van der Waals surface area contributed by atoms with Gasteiger partial charge in [-0.15, -0.1) is 0 Å². The monoisotopic (exact) mass is 320 g/mol. The molecule has 1 heterocycles. The predicted octanol–water partition coefficient (Wildman–Crippen LogP) is 2.02. The Morgan fingerprint density at radius 1 is 1.30 bits per heavy atom. The van der Waals surface area contributed by atoms with E-state index in [2.05, 4.69) is 5.32 Å². The summed E-state index contributed by atoms with van der Waals surface area (Å²) >= 11 is 0. The van der Waals surface area contributed by atoms with Crippen LogP contribution >= 0.6 is 0 Å². The Bertz CT molecular complexity index is 568. The van der Waals surface area contributed by atoms with E-state index in [1.807, 2.05) is 30.3 Å². The number of nitrogens with one attached hydrogen (secondary N) is 1. The molecule has 0 aromatic heterocycles. The molecule has 0 bridgehead atoms. The smallest absolute Gasteiger partial charge is 0.412 e. The van der Waals surface area contributed by atoms with Crippen LogP contribution in [0.4, 0.5) is 4.79 Å². The van der Waals surface area contributed by atoms with Gasteiger partial charge in [0.25, 0.3) is 5.91 Å². The summed E-state index contributed by atoms with van der Waals surface area (Å²) in [5.74, 6) is -0.579. The van der Waals surface area contributed by atoms with Crippen molar-refractivity contribution >= 4 is 12.0 Å². The van der Waals surface area contributed by atoms with Crippen LogP contribution in [0.2, 0.25) is 0 Å². The lowest BCUT2D eigenvalue weighted by atomic mass is 10.1. The number of carbonyl (C=O) groups excluding carboxylic acids is 2. The Morgan fingerprint density at radius 3 is 2.57 bits per heavy atom. The van der Waals surface area contributed by atoms with Gasteiger partial charge in [0.1, 0.15) is 5.60 Å². The number of rotatable bonds is 3. The summed E-state index contributed by atoms with van der Waals surface area (Å²) in [5.41, 5.74) is -1.61. The van der Waals surface area contributed by atoms with Gasteiger partial charge in [-0.2, -0.15) is 0 Å². The minimum absolute atomic E-state index is 0.201. The van der Waals surface area contributed by atoms with Gasteiger partial charge >= 0.3 is 6.09 Å². The third-order valence-electron chi connectivity index (χ3n) is 3.63. The van der Waals surface area contributed by atoms with E-state index >= 15 is 0 Å². The molecule has 23 heavy (non-hydrogen) atoms. The Hall–Kier alpha value is -2.08. The summed E-state index contributed by atoms with van der Waals surface area (Å²) < 4.78 is 5.28. The van der Waals surface area contributed by atoms with Crippen LogP contribution in [0.1, 0.15) is 39.2 Å². The first-order valence-electron chi connectivity index (χ1n) is 7.77. The van der Waals surface area contributed by atoms with Crippen molar-refractivity contribution in [1.82, 2.24) is 10.2 Å². The average molecular weight is 320 g/mol. The molecule has 0 unspecified atom stereocenters. The molecule has 1 aromatic rings. The Labute approximate surface area is 136 Å². The molecule has 6 heteroatoms. The first-order chi connectivity index (χ1) is 10.7. The number of nitrogens with zero attached hydrogens (tertiary/aromatic N) is 1. The standard InChI is InChI=1S/C17H24N2O4/c1-16(2,3)23-15(21)19-11-7-10-17(19,22)14(20)18-12-13-8-5-4-6-9-13/h4-6,8-9,22H,7,10-12H2,1-3H3,(H,18,20)/t17-/m1/s1. The normalized spacial score (nSPS) is 21.1. The molecule has 2 rings (SSSR count). The van der Waals surface area contributed by atoms with Gasteiger partial charge in [0, 0.05) is 19.5 Å². The van der Waals surface area contributed by atoms with Crippen molar-refractivity contribution in [3.63, 3.8) is 0 Å². The van der Waals surface area contributed by atoms with Gasteiger partial charge in [-0.25, -0.2) is 4.79 Å². The zero-order valence-corrected chi connectivity index (χ0v) is 13.8. The van der Waals surface area contributed by atoms with Crippen molar-refractivity contribution in [3.05, 3.63) is 35.9 Å². The maximum absolute atomic E-state index is 12.4. The molecule has 1 aliphatic rings. The number of aliphatic hydroxyl groups is 1. The van der Waals surface area contributed by atoms with Crippen LogP contribution in [-0.2, 0) is 16.1 Å². The Balaban J connectivity index is 2.03. The van der Waals surface area contributed by atoms with Crippen LogP contribution < -0.4 is 5.32 Å². The first-order valence-corrected chi connectivity index (χ1v) is 7.77. The van der Waals surface area contributed by atoms with E-state index < -0.39 is 23.3 Å². The number of ether oxygens (including phenoxy) is 1. The van der Waals surface area contributed by atoms with Crippen molar-refractivity contribution in [1.29, 1.82) is 0 Å². The van der Waals surface area contributed by atoms with E-state index in [1.165, 1.54) is 0 Å². The van der Waals surface area contributed by atoms with Gasteiger partial charge in [-0.05, 0) is 32.8 Å². The molecular formula is C17H24N2O4. The molecule has 2 N–H and O–H groups in total. The molecule has 1 aromatic carbocycles. The molecule has 0 saturated carbocycles. The van der Waals surface area contributed by atoms with Gasteiger partial charge in [-0.1, -0.05) is 30.3 Å². The SMILES string of the molecule is CC(C)(C)OC(=O)N1CCC[C@@]1(O)C(=O)NCc1ccccc1. The molecule has 0 radical (unpaired) electrons. The van der Waals surface area contributed by atoms with E-state index in [9.17, 15) is 14.7 Å². The molecule has 2 amide bonds. The first kappa shape index (κ1) is 17.3. The zero-order valence-electron chi connectivity index (χ0n) is 13.8. The number of carbonyl (C=O) groups is 2. The van der Waals surface area contributed by atoms with Crippen LogP contribution in [0.5, 0.6) is 0 Å². The average Bonchev–Trinajstić information content (AvgIpc) is 2.87. The molecule has 1 atom stereocenters. The minimum Gasteiger partial charge on any atom is -0.444 e. The maximum atomic E-state index is 12.4. The van der Waals surface area contributed by atoms with Crippen LogP contribution in [0.3, 0.4) is 0 Å². The highest BCUT2D eigenvalue weighted by Crippen LogP contribution is 2.29. The Kier molecular flexibility index (Phi) is 4.94. The van der Waals surface area contributed by atoms with E-state index in [1.54, 1.807) is 20.8 Å². The van der Waals surface area contributed by atoms with Crippen LogP contribution in [-0.4, -0.2) is 39.9 Å². The summed E-state index contributed by atoms with van der Waals surface area (Å²) in [6.45, 7) is 5.83. The molecular weight excluding hydrogens is 296 g/mol. The third kappa shape index (κ3) is 4.22. The second-order valence-electron chi connectivity index (χ2n) is 6.72. The number of hydrogen-bond donors (Lipinski definition) is 2. The maximum Gasteiger partial charge on any atom is 0.412 e. The highest BCUT2D eigenvalue weighted by molar-refractivity contribution is 5.88. The van der Waals surface area contributed by atoms with E-state index in [4.69, 9.17) is 4.74 Å². The van der Waals surface area contributed by atoms with Crippen LogP contribution in [0, 0.1) is 0 Å². The second kappa shape index (κ2) is 6.58. The minimum atomic E-state index is -1.85. The van der Waals surface area contributed by atoms with Gasteiger partial charge < -0.3 is 15.2 Å². The fourth-order valence-electron chi connectivity index (χ4n) is 2.52. The molecule has 0 spiro atoms. The second-order valence-corrected chi connectivity index (χ2v) is 6.72. The number of hydrogen-bond acceptors (Lipinski definition) is 4. The van der Waals surface area contributed by atoms with Gasteiger partial charge in [0.05, 0.1) is 0 Å². The Morgan fingerprint density at radius 2 is 1.96 bits per heavy atom. The number of benzene rings is 1. The number of amides is 2. The topological polar surface area (TPSA) is 78.9 Å². The zero-order chi connectivity index (χ0) is 17.1. The molecule has 0 aliphatic carbocycles. The number of likely N-dealkylation sites (tertiary alicyclic amines) is 1. The van der Waals surface area contributed by atoms with E-state index in [0.29, 0.717) is 19.5 Å². The fourth-order valence-corrected chi connectivity index (χ4v) is 2.52. The van der Waals surface area contributed by atoms with Crippen molar-refractivity contribution in [2.75, 3.05) is 6.54 Å². The predicted molar refractivity (Wildman–Crippen MR) is 85.4 cm³/mol.